The Kier molecular flexibility index (Phi) is 7.57. The summed E-state index contributed by atoms with van der Waals surface area (Å²) in [5.74, 6) is 1.41. The van der Waals surface area contributed by atoms with Gasteiger partial charge in [-0.1, -0.05) is 62.0 Å². The zero-order chi connectivity index (χ0) is 22.3. The van der Waals surface area contributed by atoms with Crippen LogP contribution in [0.2, 0.25) is 0 Å². The van der Waals surface area contributed by atoms with Gasteiger partial charge >= 0.3 is 0 Å². The minimum Gasteiger partial charge on any atom is -0.379 e. The lowest BCUT2D eigenvalue weighted by atomic mass is 10.0. The van der Waals surface area contributed by atoms with E-state index < -0.39 is 0 Å². The summed E-state index contributed by atoms with van der Waals surface area (Å²) >= 11 is 1.40. The molecule has 8 heteroatoms. The van der Waals surface area contributed by atoms with Crippen molar-refractivity contribution in [3.8, 4) is 5.69 Å². The van der Waals surface area contributed by atoms with Gasteiger partial charge in [0.2, 0.25) is 5.91 Å². The van der Waals surface area contributed by atoms with Crippen LogP contribution >= 0.6 is 11.8 Å². The van der Waals surface area contributed by atoms with Gasteiger partial charge in [0.05, 0.1) is 25.5 Å². The highest BCUT2D eigenvalue weighted by atomic mass is 32.2. The van der Waals surface area contributed by atoms with Crippen LogP contribution < -0.4 is 5.32 Å². The zero-order valence-corrected chi connectivity index (χ0v) is 19.3. The molecule has 0 aliphatic carbocycles. The average Bonchev–Trinajstić information content (AvgIpc) is 3.21. The van der Waals surface area contributed by atoms with E-state index in [1.165, 1.54) is 11.8 Å². The summed E-state index contributed by atoms with van der Waals surface area (Å²) in [6.07, 6.45) is 0. The Labute approximate surface area is 193 Å². The van der Waals surface area contributed by atoms with Crippen molar-refractivity contribution >= 4 is 23.4 Å². The fourth-order valence-corrected chi connectivity index (χ4v) is 4.49. The third-order valence-electron chi connectivity index (χ3n) is 5.37. The van der Waals surface area contributed by atoms with Crippen molar-refractivity contribution in [1.82, 2.24) is 19.7 Å². The number of aromatic nitrogens is 3. The number of morpholine rings is 1. The second kappa shape index (κ2) is 10.8. The van der Waals surface area contributed by atoms with Crippen LogP contribution in [0.5, 0.6) is 0 Å². The Morgan fingerprint density at radius 3 is 2.53 bits per heavy atom. The second-order valence-corrected chi connectivity index (χ2v) is 8.98. The number of benzene rings is 2. The molecule has 1 fully saturated rings. The smallest absolute Gasteiger partial charge is 0.234 e. The third kappa shape index (κ3) is 5.56. The number of carbonyl (C=O) groups excluding carboxylic acids is 1. The minimum absolute atomic E-state index is 0.0551. The highest BCUT2D eigenvalue weighted by molar-refractivity contribution is 7.99. The Balaban J connectivity index is 1.49. The number of ether oxygens (including phenoxy) is 1. The number of rotatable bonds is 8. The van der Waals surface area contributed by atoms with Crippen LogP contribution in [0.15, 0.2) is 59.8 Å². The number of hydrogen-bond donors (Lipinski definition) is 1. The van der Waals surface area contributed by atoms with Crippen molar-refractivity contribution in [2.75, 3.05) is 37.4 Å². The number of carbonyl (C=O) groups is 1. The SMILES string of the molecule is CC(C)c1ccccc1NC(=O)CSc1nnc(CN2CCOCC2)n1-c1ccccc1. The summed E-state index contributed by atoms with van der Waals surface area (Å²) in [7, 11) is 0. The van der Waals surface area contributed by atoms with Gasteiger partial charge in [0.15, 0.2) is 11.0 Å². The molecule has 1 aliphatic heterocycles. The fourth-order valence-electron chi connectivity index (χ4n) is 3.72. The number of amides is 1. The second-order valence-electron chi connectivity index (χ2n) is 8.04. The van der Waals surface area contributed by atoms with Gasteiger partial charge in [-0.25, -0.2) is 0 Å². The normalized spacial score (nSPS) is 14.6. The van der Waals surface area contributed by atoms with Crippen molar-refractivity contribution < 1.29 is 9.53 Å². The first-order valence-corrected chi connectivity index (χ1v) is 11.9. The largest absolute Gasteiger partial charge is 0.379 e. The standard InChI is InChI=1S/C24H29N5O2S/c1-18(2)20-10-6-7-11-21(20)25-23(30)17-32-24-27-26-22(16-28-12-14-31-15-13-28)29(24)19-8-4-3-5-9-19/h3-11,18H,12-17H2,1-2H3,(H,25,30). The number of nitrogens with one attached hydrogen (secondary N) is 1. The van der Waals surface area contributed by atoms with E-state index in [4.69, 9.17) is 4.74 Å². The maximum Gasteiger partial charge on any atom is 0.234 e. The molecule has 1 N–H and O–H groups in total. The van der Waals surface area contributed by atoms with Crippen molar-refractivity contribution in [1.29, 1.82) is 0 Å². The van der Waals surface area contributed by atoms with Gasteiger partial charge in [-0.15, -0.1) is 10.2 Å². The Bertz CT molecular complexity index is 1030. The lowest BCUT2D eigenvalue weighted by Crippen LogP contribution is -2.36. The fraction of sp³-hybridized carbons (Fsp3) is 0.375. The van der Waals surface area contributed by atoms with E-state index in [-0.39, 0.29) is 11.7 Å². The summed E-state index contributed by atoms with van der Waals surface area (Å²) in [6, 6.07) is 18.0. The Morgan fingerprint density at radius 2 is 1.78 bits per heavy atom. The van der Waals surface area contributed by atoms with Gasteiger partial charge in [-0.3, -0.25) is 14.3 Å². The molecule has 3 aromatic rings. The molecule has 1 aliphatic rings. The van der Waals surface area contributed by atoms with E-state index in [2.05, 4.69) is 44.9 Å². The van der Waals surface area contributed by atoms with E-state index >= 15 is 0 Å². The molecule has 0 atom stereocenters. The third-order valence-corrected chi connectivity index (χ3v) is 6.30. The summed E-state index contributed by atoms with van der Waals surface area (Å²) in [6.45, 7) is 8.16. The van der Waals surface area contributed by atoms with E-state index in [1.807, 2.05) is 48.5 Å². The number of anilines is 1. The van der Waals surface area contributed by atoms with Crippen LogP contribution in [0.4, 0.5) is 5.69 Å². The van der Waals surface area contributed by atoms with Crippen molar-refractivity contribution in [3.05, 3.63) is 66.0 Å². The van der Waals surface area contributed by atoms with Gasteiger partial charge in [-0.2, -0.15) is 0 Å². The number of nitrogens with zero attached hydrogens (tertiary/aromatic N) is 4. The van der Waals surface area contributed by atoms with Gasteiger partial charge in [0.25, 0.3) is 0 Å². The van der Waals surface area contributed by atoms with Crippen LogP contribution in [-0.4, -0.2) is 57.6 Å². The molecule has 2 aromatic carbocycles. The summed E-state index contributed by atoms with van der Waals surface area (Å²) in [4.78, 5) is 15.0. The first-order valence-electron chi connectivity index (χ1n) is 10.9. The van der Waals surface area contributed by atoms with Gasteiger partial charge in [-0.05, 0) is 29.7 Å². The van der Waals surface area contributed by atoms with E-state index in [1.54, 1.807) is 0 Å². The predicted octanol–water partition coefficient (Wildman–Crippen LogP) is 3.95. The van der Waals surface area contributed by atoms with Gasteiger partial charge in [0, 0.05) is 24.5 Å². The topological polar surface area (TPSA) is 72.3 Å². The summed E-state index contributed by atoms with van der Waals surface area (Å²) < 4.78 is 7.51. The highest BCUT2D eigenvalue weighted by Crippen LogP contribution is 2.26. The van der Waals surface area contributed by atoms with Crippen LogP contribution in [-0.2, 0) is 16.1 Å². The predicted molar refractivity (Wildman–Crippen MR) is 127 cm³/mol. The number of para-hydroxylation sites is 2. The van der Waals surface area contributed by atoms with Gasteiger partial charge < -0.3 is 10.1 Å². The quantitative estimate of drug-likeness (QED) is 0.523. The van der Waals surface area contributed by atoms with Crippen LogP contribution in [0.3, 0.4) is 0 Å². The summed E-state index contributed by atoms with van der Waals surface area (Å²) in [5.41, 5.74) is 2.99. The molecular formula is C24H29N5O2S. The molecule has 7 nitrogen and oxygen atoms in total. The first-order chi connectivity index (χ1) is 15.6. The maximum absolute atomic E-state index is 12.7. The van der Waals surface area contributed by atoms with E-state index in [0.29, 0.717) is 17.6 Å². The number of hydrogen-bond acceptors (Lipinski definition) is 6. The lowest BCUT2D eigenvalue weighted by Gasteiger charge is -2.26. The van der Waals surface area contributed by atoms with Crippen LogP contribution in [0, 0.1) is 0 Å². The molecular weight excluding hydrogens is 422 g/mol. The van der Waals surface area contributed by atoms with E-state index in [9.17, 15) is 4.79 Å². The Hall–Kier alpha value is -2.68. The van der Waals surface area contributed by atoms with Gasteiger partial charge in [0.1, 0.15) is 0 Å². The monoisotopic (exact) mass is 451 g/mol. The molecule has 0 radical (unpaired) electrons. The van der Waals surface area contributed by atoms with E-state index in [0.717, 1.165) is 49.1 Å². The van der Waals surface area contributed by atoms with Crippen molar-refractivity contribution in [3.63, 3.8) is 0 Å². The molecule has 168 valence electrons. The average molecular weight is 452 g/mol. The molecule has 1 saturated heterocycles. The first kappa shape index (κ1) is 22.5. The Morgan fingerprint density at radius 1 is 1.06 bits per heavy atom. The number of thioether (sulfide) groups is 1. The molecule has 32 heavy (non-hydrogen) atoms. The molecule has 1 amide bonds. The molecule has 0 bridgehead atoms. The molecule has 0 saturated carbocycles. The van der Waals surface area contributed by atoms with Crippen molar-refractivity contribution in [2.45, 2.75) is 31.5 Å². The van der Waals surface area contributed by atoms with Crippen LogP contribution in [0.25, 0.3) is 5.69 Å². The molecule has 2 heterocycles. The maximum atomic E-state index is 12.7. The highest BCUT2D eigenvalue weighted by Gasteiger charge is 2.20. The zero-order valence-electron chi connectivity index (χ0n) is 18.5. The molecule has 0 spiro atoms. The summed E-state index contributed by atoms with van der Waals surface area (Å²) in [5, 5.41) is 12.7. The van der Waals surface area contributed by atoms with Crippen LogP contribution in [0.1, 0.15) is 31.2 Å². The molecule has 0 unspecified atom stereocenters. The molecule has 1 aromatic heterocycles. The minimum atomic E-state index is -0.0551. The van der Waals surface area contributed by atoms with Crippen molar-refractivity contribution in [2.24, 2.45) is 0 Å². The molecule has 4 rings (SSSR count). The lowest BCUT2D eigenvalue weighted by molar-refractivity contribution is -0.113.